The van der Waals surface area contributed by atoms with E-state index in [0.29, 0.717) is 6.42 Å². The van der Waals surface area contributed by atoms with Crippen molar-refractivity contribution in [2.24, 2.45) is 0 Å². The Balaban J connectivity index is 2.63. The first-order valence-electron chi connectivity index (χ1n) is 4.39. The second kappa shape index (κ2) is 3.39. The first-order chi connectivity index (χ1) is 6.81. The molecule has 0 aliphatic heterocycles. The summed E-state index contributed by atoms with van der Waals surface area (Å²) in [5.74, 6) is 0.283. The van der Waals surface area contributed by atoms with E-state index >= 15 is 0 Å². The summed E-state index contributed by atoms with van der Waals surface area (Å²) >= 11 is 0. The maximum Gasteiger partial charge on any atom is 0.123 e. The van der Waals surface area contributed by atoms with Crippen molar-refractivity contribution >= 4 is 10.8 Å². The van der Waals surface area contributed by atoms with Gasteiger partial charge in [0.15, 0.2) is 0 Å². The maximum absolute atomic E-state index is 9.53. The van der Waals surface area contributed by atoms with Gasteiger partial charge in [0.2, 0.25) is 0 Å². The molecular formula is C12H9NO. The third kappa shape index (κ3) is 1.40. The first-order valence-corrected chi connectivity index (χ1v) is 4.39. The molecule has 0 fully saturated rings. The number of benzene rings is 2. The Morgan fingerprint density at radius 1 is 1.21 bits per heavy atom. The molecule has 0 aliphatic carbocycles. The van der Waals surface area contributed by atoms with Crippen molar-refractivity contribution in [2.45, 2.75) is 6.42 Å². The number of phenols is 1. The number of phenolic OH excluding ortho intramolecular Hbond substituents is 1. The minimum atomic E-state index is 0.283. The molecule has 1 N–H and O–H groups in total. The predicted molar refractivity (Wildman–Crippen MR) is 54.9 cm³/mol. The van der Waals surface area contributed by atoms with Crippen LogP contribution in [0.25, 0.3) is 10.8 Å². The van der Waals surface area contributed by atoms with Crippen LogP contribution in [0, 0.1) is 11.3 Å². The number of rotatable bonds is 1. The second-order valence-corrected chi connectivity index (χ2v) is 3.17. The van der Waals surface area contributed by atoms with Gasteiger partial charge in [-0.3, -0.25) is 0 Å². The fourth-order valence-electron chi connectivity index (χ4n) is 1.52. The van der Waals surface area contributed by atoms with E-state index in [1.807, 2.05) is 24.3 Å². The molecule has 0 spiro atoms. The van der Waals surface area contributed by atoms with E-state index < -0.39 is 0 Å². The number of aromatic hydroxyl groups is 1. The number of nitriles is 1. The van der Waals surface area contributed by atoms with Crippen molar-refractivity contribution in [3.05, 3.63) is 42.0 Å². The second-order valence-electron chi connectivity index (χ2n) is 3.17. The molecule has 14 heavy (non-hydrogen) atoms. The lowest BCUT2D eigenvalue weighted by Gasteiger charge is -2.01. The summed E-state index contributed by atoms with van der Waals surface area (Å²) in [5, 5.41) is 19.9. The van der Waals surface area contributed by atoms with Gasteiger partial charge in [-0.15, -0.1) is 0 Å². The van der Waals surface area contributed by atoms with Crippen LogP contribution < -0.4 is 0 Å². The minimum Gasteiger partial charge on any atom is -0.507 e. The lowest BCUT2D eigenvalue weighted by molar-refractivity contribution is 0.481. The normalized spacial score (nSPS) is 9.93. The Labute approximate surface area is 82.0 Å². The van der Waals surface area contributed by atoms with Crippen LogP contribution in [-0.2, 0) is 6.42 Å². The average molecular weight is 183 g/mol. The standard InChI is InChI=1S/C12H9NO/c13-7-6-9-4-5-11-10(8-9)2-1-3-12(11)14/h1-5,8,14H,6H2. The van der Waals surface area contributed by atoms with Crippen molar-refractivity contribution in [3.63, 3.8) is 0 Å². The third-order valence-corrected chi connectivity index (χ3v) is 2.20. The molecule has 2 heteroatoms. The molecule has 0 saturated heterocycles. The van der Waals surface area contributed by atoms with Crippen LogP contribution in [0.5, 0.6) is 5.75 Å². The fraction of sp³-hybridized carbons (Fsp3) is 0.0833. The van der Waals surface area contributed by atoms with Gasteiger partial charge in [0.25, 0.3) is 0 Å². The van der Waals surface area contributed by atoms with Gasteiger partial charge in [-0.05, 0) is 23.1 Å². The molecule has 0 radical (unpaired) electrons. The van der Waals surface area contributed by atoms with Crippen LogP contribution >= 0.6 is 0 Å². The van der Waals surface area contributed by atoms with E-state index in [0.717, 1.165) is 16.3 Å². The summed E-state index contributed by atoms with van der Waals surface area (Å²) in [6, 6.07) is 13.1. The van der Waals surface area contributed by atoms with Gasteiger partial charge >= 0.3 is 0 Å². The van der Waals surface area contributed by atoms with E-state index in [4.69, 9.17) is 5.26 Å². The summed E-state index contributed by atoms with van der Waals surface area (Å²) in [5.41, 5.74) is 0.977. The molecule has 0 bridgehead atoms. The molecule has 0 aromatic heterocycles. The summed E-state index contributed by atoms with van der Waals surface area (Å²) < 4.78 is 0. The highest BCUT2D eigenvalue weighted by Crippen LogP contribution is 2.24. The molecule has 0 saturated carbocycles. The van der Waals surface area contributed by atoms with Gasteiger partial charge in [-0.1, -0.05) is 24.3 Å². The molecule has 0 atom stereocenters. The van der Waals surface area contributed by atoms with Crippen molar-refractivity contribution in [3.8, 4) is 11.8 Å². The summed E-state index contributed by atoms with van der Waals surface area (Å²) in [7, 11) is 0. The Morgan fingerprint density at radius 3 is 2.86 bits per heavy atom. The summed E-state index contributed by atoms with van der Waals surface area (Å²) in [6.45, 7) is 0. The maximum atomic E-state index is 9.53. The van der Waals surface area contributed by atoms with Crippen LogP contribution in [0.3, 0.4) is 0 Å². The van der Waals surface area contributed by atoms with Crippen LogP contribution in [-0.4, -0.2) is 5.11 Å². The molecular weight excluding hydrogens is 174 g/mol. The zero-order valence-corrected chi connectivity index (χ0v) is 7.57. The molecule has 68 valence electrons. The number of fused-ring (bicyclic) bond motifs is 1. The molecule has 2 aromatic carbocycles. The first kappa shape index (κ1) is 8.58. The quantitative estimate of drug-likeness (QED) is 0.738. The molecule has 2 nitrogen and oxygen atoms in total. The molecule has 0 unspecified atom stereocenters. The van der Waals surface area contributed by atoms with Gasteiger partial charge in [0.05, 0.1) is 12.5 Å². The number of nitrogens with zero attached hydrogens (tertiary/aromatic N) is 1. The van der Waals surface area contributed by atoms with E-state index in [9.17, 15) is 5.11 Å². The van der Waals surface area contributed by atoms with Gasteiger partial charge in [-0.25, -0.2) is 0 Å². The average Bonchev–Trinajstić information content (AvgIpc) is 2.18. The Hall–Kier alpha value is -2.01. The van der Waals surface area contributed by atoms with E-state index in [2.05, 4.69) is 6.07 Å². The smallest absolute Gasteiger partial charge is 0.123 e. The molecule has 2 rings (SSSR count). The Bertz CT molecular complexity index is 511. The highest BCUT2D eigenvalue weighted by atomic mass is 16.3. The topological polar surface area (TPSA) is 44.0 Å². The largest absolute Gasteiger partial charge is 0.507 e. The van der Waals surface area contributed by atoms with Crippen molar-refractivity contribution in [2.75, 3.05) is 0 Å². The number of hydrogen-bond acceptors (Lipinski definition) is 2. The lowest BCUT2D eigenvalue weighted by Crippen LogP contribution is -1.81. The molecule has 0 amide bonds. The third-order valence-electron chi connectivity index (χ3n) is 2.20. The highest BCUT2D eigenvalue weighted by Gasteiger charge is 1.99. The highest BCUT2D eigenvalue weighted by molar-refractivity contribution is 5.88. The van der Waals surface area contributed by atoms with Gasteiger partial charge in [-0.2, -0.15) is 5.26 Å². The predicted octanol–water partition coefficient (Wildman–Crippen LogP) is 2.61. The van der Waals surface area contributed by atoms with Crippen LogP contribution in [0.4, 0.5) is 0 Å². The SMILES string of the molecule is N#CCc1ccc2c(O)cccc2c1. The van der Waals surface area contributed by atoms with Gasteiger partial charge < -0.3 is 5.11 Å². The van der Waals surface area contributed by atoms with Crippen LogP contribution in [0.1, 0.15) is 5.56 Å². The monoisotopic (exact) mass is 183 g/mol. The molecule has 0 aliphatic rings. The van der Waals surface area contributed by atoms with Crippen molar-refractivity contribution in [1.82, 2.24) is 0 Å². The summed E-state index contributed by atoms with van der Waals surface area (Å²) in [6.07, 6.45) is 0.408. The number of hydrogen-bond donors (Lipinski definition) is 1. The van der Waals surface area contributed by atoms with Crippen molar-refractivity contribution < 1.29 is 5.11 Å². The zero-order valence-electron chi connectivity index (χ0n) is 7.57. The van der Waals surface area contributed by atoms with Gasteiger partial charge in [0, 0.05) is 5.39 Å². The molecule has 2 aromatic rings. The Morgan fingerprint density at radius 2 is 2.07 bits per heavy atom. The Kier molecular flexibility index (Phi) is 2.08. The van der Waals surface area contributed by atoms with E-state index in [1.165, 1.54) is 0 Å². The van der Waals surface area contributed by atoms with E-state index in [-0.39, 0.29) is 5.75 Å². The lowest BCUT2D eigenvalue weighted by atomic mass is 10.0. The van der Waals surface area contributed by atoms with E-state index in [1.54, 1.807) is 12.1 Å². The zero-order chi connectivity index (χ0) is 9.97. The summed E-state index contributed by atoms with van der Waals surface area (Å²) in [4.78, 5) is 0. The van der Waals surface area contributed by atoms with Crippen LogP contribution in [0.2, 0.25) is 0 Å². The van der Waals surface area contributed by atoms with Crippen LogP contribution in [0.15, 0.2) is 36.4 Å². The van der Waals surface area contributed by atoms with Gasteiger partial charge in [0.1, 0.15) is 5.75 Å². The molecule has 0 heterocycles. The fourth-order valence-corrected chi connectivity index (χ4v) is 1.52. The minimum absolute atomic E-state index is 0.283. The van der Waals surface area contributed by atoms with Crippen molar-refractivity contribution in [1.29, 1.82) is 5.26 Å².